The van der Waals surface area contributed by atoms with Gasteiger partial charge < -0.3 is 15.0 Å². The second kappa shape index (κ2) is 6.54. The molecule has 1 aromatic heterocycles. The summed E-state index contributed by atoms with van der Waals surface area (Å²) in [4.78, 5) is 15.5. The van der Waals surface area contributed by atoms with Gasteiger partial charge in [-0.15, -0.1) is 0 Å². The lowest BCUT2D eigenvalue weighted by molar-refractivity contribution is -0.114. The van der Waals surface area contributed by atoms with Crippen molar-refractivity contribution in [2.24, 2.45) is 0 Å². The van der Waals surface area contributed by atoms with Crippen LogP contribution in [0, 0.1) is 0 Å². The molecule has 1 fully saturated rings. The lowest BCUT2D eigenvalue weighted by atomic mass is 9.85. The van der Waals surface area contributed by atoms with E-state index < -0.39 is 5.60 Å². The van der Waals surface area contributed by atoms with E-state index in [0.717, 1.165) is 42.8 Å². The molecule has 1 aliphatic rings. The summed E-state index contributed by atoms with van der Waals surface area (Å²) < 4.78 is 2.03. The number of hydrogen-bond donors (Lipinski definition) is 2. The number of aliphatic hydroxyl groups is 1. The number of anilines is 1. The Morgan fingerprint density at radius 2 is 1.96 bits per heavy atom. The van der Waals surface area contributed by atoms with E-state index in [0.29, 0.717) is 6.54 Å². The van der Waals surface area contributed by atoms with Gasteiger partial charge in [0.15, 0.2) is 0 Å². The quantitative estimate of drug-likeness (QED) is 0.911. The molecule has 5 heteroatoms. The van der Waals surface area contributed by atoms with E-state index in [4.69, 9.17) is 0 Å². The third-order valence-corrected chi connectivity index (χ3v) is 4.43. The molecule has 0 aliphatic heterocycles. The zero-order valence-electron chi connectivity index (χ0n) is 13.5. The molecule has 1 amide bonds. The van der Waals surface area contributed by atoms with Crippen LogP contribution in [0.5, 0.6) is 0 Å². The topological polar surface area (TPSA) is 67.2 Å². The van der Waals surface area contributed by atoms with Gasteiger partial charge >= 0.3 is 0 Å². The van der Waals surface area contributed by atoms with E-state index in [9.17, 15) is 9.90 Å². The van der Waals surface area contributed by atoms with Gasteiger partial charge in [0.25, 0.3) is 0 Å². The van der Waals surface area contributed by atoms with Crippen molar-refractivity contribution in [2.45, 2.75) is 51.2 Å². The van der Waals surface area contributed by atoms with Gasteiger partial charge in [-0.1, -0.05) is 19.3 Å². The highest BCUT2D eigenvalue weighted by Gasteiger charge is 2.30. The maximum atomic E-state index is 11.1. The number of imidazole rings is 1. The summed E-state index contributed by atoms with van der Waals surface area (Å²) in [6.07, 6.45) is 8.78. The van der Waals surface area contributed by atoms with Crippen molar-refractivity contribution in [3.8, 4) is 11.4 Å². The molecule has 2 N–H and O–H groups in total. The molecule has 5 nitrogen and oxygen atoms in total. The molecular weight excluding hydrogens is 290 g/mol. The van der Waals surface area contributed by atoms with Crippen molar-refractivity contribution in [2.75, 3.05) is 5.32 Å². The number of carbonyl (C=O) groups is 1. The Labute approximate surface area is 136 Å². The zero-order chi connectivity index (χ0) is 16.3. The molecule has 0 spiro atoms. The van der Waals surface area contributed by atoms with E-state index in [-0.39, 0.29) is 5.91 Å². The molecule has 23 heavy (non-hydrogen) atoms. The van der Waals surface area contributed by atoms with Crippen molar-refractivity contribution < 1.29 is 9.90 Å². The molecule has 1 heterocycles. The second-order valence-electron chi connectivity index (χ2n) is 6.42. The highest BCUT2D eigenvalue weighted by atomic mass is 16.3. The number of amides is 1. The maximum absolute atomic E-state index is 11.1. The predicted molar refractivity (Wildman–Crippen MR) is 90.0 cm³/mol. The molecule has 0 bridgehead atoms. The SMILES string of the molecule is CC(=O)Nc1ccc(-c2nccn2CC2(O)CCCCC2)cc1. The molecule has 1 saturated carbocycles. The van der Waals surface area contributed by atoms with Gasteiger partial charge in [0.2, 0.25) is 5.91 Å². The lowest BCUT2D eigenvalue weighted by Gasteiger charge is -2.32. The normalized spacial score (nSPS) is 17.0. The van der Waals surface area contributed by atoms with Crippen LogP contribution in [0.2, 0.25) is 0 Å². The van der Waals surface area contributed by atoms with Crippen LogP contribution in [0.15, 0.2) is 36.7 Å². The predicted octanol–water partition coefficient (Wildman–Crippen LogP) is 3.20. The first-order valence-corrected chi connectivity index (χ1v) is 8.17. The summed E-state index contributed by atoms with van der Waals surface area (Å²) in [5.74, 6) is 0.761. The molecule has 0 atom stereocenters. The van der Waals surface area contributed by atoms with Gasteiger partial charge in [-0.3, -0.25) is 4.79 Å². The van der Waals surface area contributed by atoms with Crippen molar-refractivity contribution in [1.29, 1.82) is 0 Å². The smallest absolute Gasteiger partial charge is 0.221 e. The van der Waals surface area contributed by atoms with E-state index in [1.165, 1.54) is 13.3 Å². The summed E-state index contributed by atoms with van der Waals surface area (Å²) in [6, 6.07) is 7.61. The van der Waals surface area contributed by atoms with Gasteiger partial charge in [-0.2, -0.15) is 0 Å². The standard InChI is InChI=1S/C18H23N3O2/c1-14(22)20-16-7-5-15(6-8-16)17-19-11-12-21(17)13-18(23)9-3-2-4-10-18/h5-8,11-12,23H,2-4,9-10,13H2,1H3,(H,20,22). The number of carbonyl (C=O) groups excluding carboxylic acids is 1. The van der Waals surface area contributed by atoms with Gasteiger partial charge in [0.1, 0.15) is 5.82 Å². The van der Waals surface area contributed by atoms with Crippen LogP contribution in [0.3, 0.4) is 0 Å². The Hall–Kier alpha value is -2.14. The van der Waals surface area contributed by atoms with Gasteiger partial charge in [-0.05, 0) is 37.1 Å². The maximum Gasteiger partial charge on any atom is 0.221 e. The fraction of sp³-hybridized carbons (Fsp3) is 0.444. The minimum atomic E-state index is -0.621. The van der Waals surface area contributed by atoms with Crippen LogP contribution in [-0.2, 0) is 11.3 Å². The number of aromatic nitrogens is 2. The number of rotatable bonds is 4. The number of hydrogen-bond acceptors (Lipinski definition) is 3. The first-order chi connectivity index (χ1) is 11.1. The summed E-state index contributed by atoms with van der Waals surface area (Å²) in [7, 11) is 0. The third kappa shape index (κ3) is 3.79. The number of benzene rings is 1. The summed E-state index contributed by atoms with van der Waals surface area (Å²) in [5, 5.41) is 13.5. The summed E-state index contributed by atoms with van der Waals surface area (Å²) in [5.41, 5.74) is 1.12. The van der Waals surface area contributed by atoms with Crippen LogP contribution in [-0.4, -0.2) is 26.2 Å². The Morgan fingerprint density at radius 3 is 2.61 bits per heavy atom. The van der Waals surface area contributed by atoms with Crippen LogP contribution < -0.4 is 5.32 Å². The molecule has 0 radical (unpaired) electrons. The molecule has 2 aromatic rings. The van der Waals surface area contributed by atoms with Gasteiger partial charge in [-0.25, -0.2) is 4.98 Å². The molecule has 1 aromatic carbocycles. The van der Waals surface area contributed by atoms with Crippen LogP contribution in [0.1, 0.15) is 39.0 Å². The second-order valence-corrected chi connectivity index (χ2v) is 6.42. The monoisotopic (exact) mass is 313 g/mol. The van der Waals surface area contributed by atoms with Crippen LogP contribution in [0.4, 0.5) is 5.69 Å². The lowest BCUT2D eigenvalue weighted by Crippen LogP contribution is -2.36. The molecule has 1 aliphatic carbocycles. The number of nitrogens with one attached hydrogen (secondary N) is 1. The van der Waals surface area contributed by atoms with E-state index in [1.54, 1.807) is 6.20 Å². The van der Waals surface area contributed by atoms with Crippen molar-refractivity contribution in [1.82, 2.24) is 9.55 Å². The van der Waals surface area contributed by atoms with E-state index in [2.05, 4.69) is 10.3 Å². The average Bonchev–Trinajstić information content (AvgIpc) is 2.95. The molecule has 0 saturated heterocycles. The Balaban J connectivity index is 1.79. The largest absolute Gasteiger partial charge is 0.388 e. The van der Waals surface area contributed by atoms with Gasteiger partial charge in [0, 0.05) is 30.6 Å². The molecular formula is C18H23N3O2. The van der Waals surface area contributed by atoms with E-state index >= 15 is 0 Å². The fourth-order valence-electron chi connectivity index (χ4n) is 3.29. The zero-order valence-corrected chi connectivity index (χ0v) is 13.5. The van der Waals surface area contributed by atoms with Crippen molar-refractivity contribution >= 4 is 11.6 Å². The minimum absolute atomic E-state index is 0.0845. The molecule has 0 unspecified atom stereocenters. The average molecular weight is 313 g/mol. The minimum Gasteiger partial charge on any atom is -0.388 e. The first kappa shape index (κ1) is 15.7. The van der Waals surface area contributed by atoms with E-state index in [1.807, 2.05) is 35.0 Å². The Kier molecular flexibility index (Phi) is 4.48. The number of nitrogens with zero attached hydrogens (tertiary/aromatic N) is 2. The first-order valence-electron chi connectivity index (χ1n) is 8.17. The fourth-order valence-corrected chi connectivity index (χ4v) is 3.29. The molecule has 122 valence electrons. The van der Waals surface area contributed by atoms with Crippen molar-refractivity contribution in [3.63, 3.8) is 0 Å². The Bertz CT molecular complexity index is 670. The van der Waals surface area contributed by atoms with Crippen LogP contribution in [0.25, 0.3) is 11.4 Å². The highest BCUT2D eigenvalue weighted by Crippen LogP contribution is 2.31. The summed E-state index contributed by atoms with van der Waals surface area (Å²) in [6.45, 7) is 2.07. The summed E-state index contributed by atoms with van der Waals surface area (Å²) >= 11 is 0. The van der Waals surface area contributed by atoms with Gasteiger partial charge in [0.05, 0.1) is 12.1 Å². The van der Waals surface area contributed by atoms with Crippen molar-refractivity contribution in [3.05, 3.63) is 36.7 Å². The highest BCUT2D eigenvalue weighted by molar-refractivity contribution is 5.88. The third-order valence-electron chi connectivity index (χ3n) is 4.43. The Morgan fingerprint density at radius 1 is 1.26 bits per heavy atom. The molecule has 3 rings (SSSR count). The van der Waals surface area contributed by atoms with Crippen LogP contribution >= 0.6 is 0 Å².